The average Bonchev–Trinajstić information content (AvgIpc) is 3.31. The molecule has 0 fully saturated rings. The van der Waals surface area contributed by atoms with Crippen LogP contribution in [0.25, 0.3) is 11.3 Å². The van der Waals surface area contributed by atoms with Crippen molar-refractivity contribution >= 4 is 45.2 Å². The molecule has 0 saturated carbocycles. The molecule has 1 N–H and O–H groups in total. The molecule has 36 heavy (non-hydrogen) atoms. The maximum atomic E-state index is 12.6. The Morgan fingerprint density at radius 3 is 2.25 bits per heavy atom. The first-order chi connectivity index (χ1) is 17.4. The van der Waals surface area contributed by atoms with Gasteiger partial charge in [-0.05, 0) is 24.8 Å². The van der Waals surface area contributed by atoms with Crippen molar-refractivity contribution in [2.75, 3.05) is 25.2 Å². The fourth-order valence-corrected chi connectivity index (χ4v) is 5.43. The zero-order valence-corrected chi connectivity index (χ0v) is 22.5. The second kappa shape index (κ2) is 14.6. The number of aromatic nitrogens is 1. The zero-order valence-electron chi connectivity index (χ0n) is 20.9. The molecule has 0 unspecified atom stereocenters. The van der Waals surface area contributed by atoms with Crippen molar-refractivity contribution in [1.82, 2.24) is 9.88 Å². The molecule has 0 atom stereocenters. The molecule has 3 rings (SSSR count). The lowest BCUT2D eigenvalue weighted by molar-refractivity contribution is -0.116. The molecule has 190 valence electrons. The van der Waals surface area contributed by atoms with E-state index in [9.17, 15) is 14.4 Å². The van der Waals surface area contributed by atoms with Gasteiger partial charge in [0.1, 0.15) is 4.88 Å². The van der Waals surface area contributed by atoms with Gasteiger partial charge in [-0.3, -0.25) is 14.4 Å². The molecule has 0 aliphatic rings. The van der Waals surface area contributed by atoms with E-state index in [1.54, 1.807) is 14.1 Å². The van der Waals surface area contributed by atoms with Gasteiger partial charge < -0.3 is 10.2 Å². The molecular formula is C28H33N3O3S2. The Labute approximate surface area is 221 Å². The first-order valence-electron chi connectivity index (χ1n) is 12.2. The van der Waals surface area contributed by atoms with Gasteiger partial charge in [0.25, 0.3) is 5.91 Å². The summed E-state index contributed by atoms with van der Waals surface area (Å²) in [6.45, 7) is 0. The molecule has 2 amide bonds. The Bertz CT molecular complexity index is 1130. The second-order valence-electron chi connectivity index (χ2n) is 8.68. The number of hydrogen-bond acceptors (Lipinski definition) is 6. The van der Waals surface area contributed by atoms with Gasteiger partial charge in [0.15, 0.2) is 10.2 Å². The van der Waals surface area contributed by atoms with Gasteiger partial charge in [-0.25, -0.2) is 4.98 Å². The monoisotopic (exact) mass is 523 g/mol. The van der Waals surface area contributed by atoms with E-state index in [1.807, 2.05) is 60.7 Å². The summed E-state index contributed by atoms with van der Waals surface area (Å²) in [5, 5.41) is 3.54. The van der Waals surface area contributed by atoms with E-state index in [2.05, 4.69) is 10.3 Å². The van der Waals surface area contributed by atoms with Crippen LogP contribution < -0.4 is 5.32 Å². The highest BCUT2D eigenvalue weighted by Crippen LogP contribution is 2.32. The SMILES string of the molecule is CN(C)C(=O)c1sc(NC(=O)CCCCCCSC(=O)CCc2ccccc2)nc1-c1ccccc1. The summed E-state index contributed by atoms with van der Waals surface area (Å²) in [4.78, 5) is 43.7. The van der Waals surface area contributed by atoms with Gasteiger partial charge in [-0.2, -0.15) is 0 Å². The van der Waals surface area contributed by atoms with E-state index in [-0.39, 0.29) is 16.9 Å². The van der Waals surface area contributed by atoms with Crippen molar-refractivity contribution < 1.29 is 14.4 Å². The minimum absolute atomic E-state index is 0.0994. The third-order valence-corrected chi connectivity index (χ3v) is 7.52. The number of carbonyl (C=O) groups is 3. The summed E-state index contributed by atoms with van der Waals surface area (Å²) >= 11 is 2.62. The normalized spacial score (nSPS) is 10.7. The van der Waals surface area contributed by atoms with Crippen LogP contribution in [0.3, 0.4) is 0 Å². The molecule has 3 aromatic rings. The number of hydrogen-bond donors (Lipinski definition) is 1. The van der Waals surface area contributed by atoms with Crippen LogP contribution >= 0.6 is 23.1 Å². The Morgan fingerprint density at radius 1 is 0.889 bits per heavy atom. The Morgan fingerprint density at radius 2 is 1.56 bits per heavy atom. The number of carbonyl (C=O) groups excluding carboxylic acids is 3. The van der Waals surface area contributed by atoms with Crippen molar-refractivity contribution in [3.8, 4) is 11.3 Å². The van der Waals surface area contributed by atoms with Gasteiger partial charge in [-0.1, -0.05) is 96.6 Å². The topological polar surface area (TPSA) is 79.4 Å². The van der Waals surface area contributed by atoms with Crippen LogP contribution in [0.1, 0.15) is 53.8 Å². The van der Waals surface area contributed by atoms with Gasteiger partial charge in [0.05, 0.1) is 5.69 Å². The van der Waals surface area contributed by atoms with Gasteiger partial charge >= 0.3 is 0 Å². The highest BCUT2D eigenvalue weighted by molar-refractivity contribution is 8.13. The number of nitrogens with one attached hydrogen (secondary N) is 1. The van der Waals surface area contributed by atoms with Crippen LogP contribution in [-0.2, 0) is 16.0 Å². The largest absolute Gasteiger partial charge is 0.344 e. The van der Waals surface area contributed by atoms with Crippen molar-refractivity contribution in [3.63, 3.8) is 0 Å². The van der Waals surface area contributed by atoms with E-state index in [0.29, 0.717) is 28.5 Å². The molecule has 0 spiro atoms. The van der Waals surface area contributed by atoms with E-state index < -0.39 is 0 Å². The lowest BCUT2D eigenvalue weighted by Crippen LogP contribution is -2.21. The third kappa shape index (κ3) is 8.91. The minimum Gasteiger partial charge on any atom is -0.344 e. The Kier molecular flexibility index (Phi) is 11.2. The van der Waals surface area contributed by atoms with Crippen LogP contribution in [0, 0.1) is 0 Å². The van der Waals surface area contributed by atoms with Crippen LogP contribution in [0.15, 0.2) is 60.7 Å². The van der Waals surface area contributed by atoms with Gasteiger partial charge in [0, 0.05) is 38.3 Å². The summed E-state index contributed by atoms with van der Waals surface area (Å²) in [5.41, 5.74) is 2.63. The number of benzene rings is 2. The number of aryl methyl sites for hydroxylation is 1. The van der Waals surface area contributed by atoms with Crippen molar-refractivity contribution in [3.05, 3.63) is 71.1 Å². The Hall–Kier alpha value is -2.97. The minimum atomic E-state index is -0.136. The molecular weight excluding hydrogens is 490 g/mol. The number of anilines is 1. The predicted octanol–water partition coefficient (Wildman–Crippen LogP) is 6.29. The van der Waals surface area contributed by atoms with Gasteiger partial charge in [0.2, 0.25) is 5.91 Å². The molecule has 8 heteroatoms. The standard InChI is InChI=1S/C28H33N3O3S2/c1-31(2)27(34)26-25(22-15-9-6-10-16-22)30-28(36-26)29-23(32)17-11-3-4-12-20-35-24(33)19-18-21-13-7-5-8-14-21/h5-10,13-16H,3-4,11-12,17-20H2,1-2H3,(H,29,30,32). The number of unbranched alkanes of at least 4 members (excludes halogenated alkanes) is 3. The number of thioether (sulfide) groups is 1. The fraction of sp³-hybridized carbons (Fsp3) is 0.357. The quantitative estimate of drug-likeness (QED) is 0.266. The van der Waals surface area contributed by atoms with Gasteiger partial charge in [-0.15, -0.1) is 0 Å². The lowest BCUT2D eigenvalue weighted by atomic mass is 10.1. The average molecular weight is 524 g/mol. The molecule has 2 aromatic carbocycles. The summed E-state index contributed by atoms with van der Waals surface area (Å²) in [5.74, 6) is 0.588. The first kappa shape index (κ1) is 27.6. The van der Waals surface area contributed by atoms with E-state index in [0.717, 1.165) is 43.4 Å². The maximum absolute atomic E-state index is 12.6. The number of amides is 2. The molecule has 1 aromatic heterocycles. The third-order valence-electron chi connectivity index (χ3n) is 5.54. The lowest BCUT2D eigenvalue weighted by Gasteiger charge is -2.09. The second-order valence-corrected chi connectivity index (χ2v) is 10.8. The van der Waals surface area contributed by atoms with Crippen molar-refractivity contribution in [2.24, 2.45) is 0 Å². The van der Waals surface area contributed by atoms with Crippen molar-refractivity contribution in [1.29, 1.82) is 0 Å². The Balaban J connectivity index is 1.35. The van der Waals surface area contributed by atoms with Crippen LogP contribution in [-0.4, -0.2) is 46.7 Å². The fourth-order valence-electron chi connectivity index (χ4n) is 3.59. The summed E-state index contributed by atoms with van der Waals surface area (Å²) in [6.07, 6.45) is 5.43. The molecule has 0 aliphatic heterocycles. The number of nitrogens with zero attached hydrogens (tertiary/aromatic N) is 2. The molecule has 0 radical (unpaired) electrons. The zero-order chi connectivity index (χ0) is 25.8. The highest BCUT2D eigenvalue weighted by atomic mass is 32.2. The molecule has 0 aliphatic carbocycles. The molecule has 1 heterocycles. The maximum Gasteiger partial charge on any atom is 0.265 e. The smallest absolute Gasteiger partial charge is 0.265 e. The van der Waals surface area contributed by atoms with Crippen LogP contribution in [0.2, 0.25) is 0 Å². The van der Waals surface area contributed by atoms with E-state index in [4.69, 9.17) is 0 Å². The summed E-state index contributed by atoms with van der Waals surface area (Å²) < 4.78 is 0. The summed E-state index contributed by atoms with van der Waals surface area (Å²) in [6, 6.07) is 19.6. The summed E-state index contributed by atoms with van der Waals surface area (Å²) in [7, 11) is 3.41. The van der Waals surface area contributed by atoms with Crippen molar-refractivity contribution in [2.45, 2.75) is 44.9 Å². The number of thiazole rings is 1. The number of rotatable bonds is 13. The van der Waals surface area contributed by atoms with E-state index >= 15 is 0 Å². The van der Waals surface area contributed by atoms with Crippen LogP contribution in [0.5, 0.6) is 0 Å². The van der Waals surface area contributed by atoms with E-state index in [1.165, 1.54) is 33.6 Å². The first-order valence-corrected chi connectivity index (χ1v) is 14.0. The molecule has 0 saturated heterocycles. The molecule has 6 nitrogen and oxygen atoms in total. The highest BCUT2D eigenvalue weighted by Gasteiger charge is 2.21. The molecule has 0 bridgehead atoms. The predicted molar refractivity (Wildman–Crippen MR) is 150 cm³/mol. The van der Waals surface area contributed by atoms with Crippen LogP contribution in [0.4, 0.5) is 5.13 Å².